The fourth-order valence-electron chi connectivity index (χ4n) is 2.14. The molecule has 0 aliphatic heterocycles. The van der Waals surface area contributed by atoms with Crippen LogP contribution >= 0.6 is 15.9 Å². The van der Waals surface area contributed by atoms with Crippen LogP contribution in [0.4, 0.5) is 13.2 Å². The third-order valence-corrected chi connectivity index (χ3v) is 6.11. The van der Waals surface area contributed by atoms with Crippen molar-refractivity contribution in [1.82, 2.24) is 4.72 Å². The number of hydrogen-bond donors (Lipinski definition) is 1. The van der Waals surface area contributed by atoms with Crippen molar-refractivity contribution in [3.63, 3.8) is 0 Å². The summed E-state index contributed by atoms with van der Waals surface area (Å²) < 4.78 is 65.5. The molecule has 20 heavy (non-hydrogen) atoms. The lowest BCUT2D eigenvalue weighted by Crippen LogP contribution is -2.54. The number of alkyl halides is 4. The molecule has 0 bridgehead atoms. The highest BCUT2D eigenvalue weighted by Crippen LogP contribution is 2.37. The van der Waals surface area contributed by atoms with Crippen molar-refractivity contribution in [2.75, 3.05) is 5.33 Å². The number of halogens is 4. The summed E-state index contributed by atoms with van der Waals surface area (Å²) in [6.07, 6.45) is -2.61. The monoisotopic (exact) mass is 371 g/mol. The van der Waals surface area contributed by atoms with Crippen molar-refractivity contribution in [3.05, 3.63) is 29.8 Å². The second kappa shape index (κ2) is 5.31. The molecule has 3 nitrogen and oxygen atoms in total. The van der Waals surface area contributed by atoms with E-state index in [1.807, 2.05) is 0 Å². The Morgan fingerprint density at radius 3 is 2.30 bits per heavy atom. The molecule has 1 aliphatic rings. The molecule has 0 aromatic heterocycles. The zero-order valence-electron chi connectivity index (χ0n) is 10.4. The first kappa shape index (κ1) is 15.8. The molecule has 0 saturated heterocycles. The Hall–Kier alpha value is -0.600. The molecular weight excluding hydrogens is 359 g/mol. The van der Waals surface area contributed by atoms with Crippen molar-refractivity contribution < 1.29 is 21.6 Å². The van der Waals surface area contributed by atoms with Crippen LogP contribution in [-0.2, 0) is 16.2 Å². The van der Waals surface area contributed by atoms with Gasteiger partial charge in [-0.15, -0.1) is 0 Å². The average Bonchev–Trinajstić information content (AvgIpc) is 2.33. The second-order valence-corrected chi connectivity index (χ2v) is 7.08. The molecule has 8 heteroatoms. The molecular formula is C12H13BrF3NO2S. The molecule has 1 aromatic rings. The Balaban J connectivity index is 2.40. The molecule has 0 spiro atoms. The van der Waals surface area contributed by atoms with Gasteiger partial charge in [0.1, 0.15) is 0 Å². The second-order valence-electron chi connectivity index (χ2n) is 4.87. The highest BCUT2D eigenvalue weighted by Gasteiger charge is 2.42. The van der Waals surface area contributed by atoms with Gasteiger partial charge in [0.15, 0.2) is 0 Å². The standard InChI is InChI=1S/C12H13BrF3NO2S/c13-8-11(6-3-7-11)17-20(18,19)10-5-2-1-4-9(10)12(14,15)16/h1-2,4-5,17H,3,6-8H2. The van der Waals surface area contributed by atoms with Crippen LogP contribution in [0.2, 0.25) is 0 Å². The van der Waals surface area contributed by atoms with Gasteiger partial charge in [-0.05, 0) is 31.4 Å². The third kappa shape index (κ3) is 3.01. The maximum atomic E-state index is 12.9. The van der Waals surface area contributed by atoms with Gasteiger partial charge in [-0.25, -0.2) is 13.1 Å². The summed E-state index contributed by atoms with van der Waals surface area (Å²) >= 11 is 3.22. The van der Waals surface area contributed by atoms with Crippen LogP contribution in [0, 0.1) is 0 Å². The maximum absolute atomic E-state index is 12.9. The smallest absolute Gasteiger partial charge is 0.207 e. The normalized spacial score (nSPS) is 18.6. The quantitative estimate of drug-likeness (QED) is 0.825. The number of benzene rings is 1. The van der Waals surface area contributed by atoms with Crippen molar-refractivity contribution in [3.8, 4) is 0 Å². The van der Waals surface area contributed by atoms with E-state index in [0.717, 1.165) is 18.6 Å². The van der Waals surface area contributed by atoms with Crippen LogP contribution in [0.25, 0.3) is 0 Å². The Labute approximate surface area is 123 Å². The zero-order chi connectivity index (χ0) is 15.0. The number of hydrogen-bond acceptors (Lipinski definition) is 2. The lowest BCUT2D eigenvalue weighted by Gasteiger charge is -2.40. The molecule has 1 saturated carbocycles. The van der Waals surface area contributed by atoms with Crippen LogP contribution < -0.4 is 4.72 Å². The van der Waals surface area contributed by atoms with E-state index in [0.29, 0.717) is 18.2 Å². The van der Waals surface area contributed by atoms with Crippen LogP contribution in [0.15, 0.2) is 29.2 Å². The van der Waals surface area contributed by atoms with Gasteiger partial charge >= 0.3 is 6.18 Å². The van der Waals surface area contributed by atoms with Gasteiger partial charge in [0.25, 0.3) is 0 Å². The summed E-state index contributed by atoms with van der Waals surface area (Å²) in [4.78, 5) is -0.722. The van der Waals surface area contributed by atoms with Gasteiger partial charge in [-0.1, -0.05) is 28.1 Å². The lowest BCUT2D eigenvalue weighted by atomic mass is 9.80. The van der Waals surface area contributed by atoms with Gasteiger partial charge in [0.05, 0.1) is 10.5 Å². The molecule has 0 atom stereocenters. The predicted octanol–water partition coefficient (Wildman–Crippen LogP) is 3.30. The van der Waals surface area contributed by atoms with Gasteiger partial charge in [0.2, 0.25) is 10.0 Å². The minimum Gasteiger partial charge on any atom is -0.207 e. The predicted molar refractivity (Wildman–Crippen MR) is 72.1 cm³/mol. The number of rotatable bonds is 4. The van der Waals surface area contributed by atoms with Gasteiger partial charge in [-0.3, -0.25) is 0 Å². The topological polar surface area (TPSA) is 46.2 Å². The van der Waals surface area contributed by atoms with E-state index in [-0.39, 0.29) is 0 Å². The summed E-state index contributed by atoms with van der Waals surface area (Å²) in [5.74, 6) is 0. The fourth-order valence-corrected chi connectivity index (χ4v) is 4.72. The molecule has 1 aliphatic carbocycles. The fraction of sp³-hybridized carbons (Fsp3) is 0.500. The van der Waals surface area contributed by atoms with E-state index in [2.05, 4.69) is 20.7 Å². The Bertz CT molecular complexity index is 591. The summed E-state index contributed by atoms with van der Waals surface area (Å²) in [5, 5.41) is 0.382. The van der Waals surface area contributed by atoms with E-state index in [4.69, 9.17) is 0 Å². The van der Waals surface area contributed by atoms with Crippen LogP contribution in [0.5, 0.6) is 0 Å². The molecule has 0 amide bonds. The van der Waals surface area contributed by atoms with Crippen LogP contribution in [0.3, 0.4) is 0 Å². The maximum Gasteiger partial charge on any atom is 0.417 e. The van der Waals surface area contributed by atoms with Crippen LogP contribution in [0.1, 0.15) is 24.8 Å². The first-order valence-corrected chi connectivity index (χ1v) is 8.57. The molecule has 112 valence electrons. The molecule has 2 rings (SSSR count). The Morgan fingerprint density at radius 2 is 1.85 bits per heavy atom. The Morgan fingerprint density at radius 1 is 1.25 bits per heavy atom. The summed E-state index contributed by atoms with van der Waals surface area (Å²) in [5.41, 5.74) is -1.81. The van der Waals surface area contributed by atoms with Gasteiger partial charge in [0, 0.05) is 10.9 Å². The third-order valence-electron chi connectivity index (χ3n) is 3.40. The first-order valence-electron chi connectivity index (χ1n) is 5.96. The largest absolute Gasteiger partial charge is 0.417 e. The summed E-state index contributed by atoms with van der Waals surface area (Å²) in [6, 6.07) is 4.21. The number of sulfonamides is 1. The molecule has 1 N–H and O–H groups in total. The zero-order valence-corrected chi connectivity index (χ0v) is 12.8. The van der Waals surface area contributed by atoms with Gasteiger partial charge in [-0.2, -0.15) is 13.2 Å². The van der Waals surface area contributed by atoms with Crippen molar-refractivity contribution in [2.45, 2.75) is 35.9 Å². The van der Waals surface area contributed by atoms with Crippen molar-refractivity contribution in [2.24, 2.45) is 0 Å². The lowest BCUT2D eigenvalue weighted by molar-refractivity contribution is -0.139. The highest BCUT2D eigenvalue weighted by atomic mass is 79.9. The highest BCUT2D eigenvalue weighted by molar-refractivity contribution is 9.09. The summed E-state index contributed by atoms with van der Waals surface area (Å²) in [6.45, 7) is 0. The summed E-state index contributed by atoms with van der Waals surface area (Å²) in [7, 11) is -4.20. The van der Waals surface area contributed by atoms with E-state index in [9.17, 15) is 21.6 Å². The SMILES string of the molecule is O=S(=O)(NC1(CBr)CCC1)c1ccccc1C(F)(F)F. The minimum absolute atomic E-state index is 0.382. The average molecular weight is 372 g/mol. The molecule has 0 unspecified atom stereocenters. The molecule has 0 heterocycles. The van der Waals surface area contributed by atoms with E-state index in [1.54, 1.807) is 0 Å². The number of nitrogens with one attached hydrogen (secondary N) is 1. The van der Waals surface area contributed by atoms with Crippen LogP contribution in [-0.4, -0.2) is 19.3 Å². The van der Waals surface area contributed by atoms with E-state index >= 15 is 0 Å². The first-order chi connectivity index (χ1) is 9.20. The molecule has 1 fully saturated rings. The van der Waals surface area contributed by atoms with Crippen molar-refractivity contribution >= 4 is 26.0 Å². The Kier molecular flexibility index (Phi) is 4.19. The molecule has 1 aromatic carbocycles. The van der Waals surface area contributed by atoms with E-state index < -0.39 is 32.2 Å². The minimum atomic E-state index is -4.70. The molecule has 0 radical (unpaired) electrons. The van der Waals surface area contributed by atoms with Gasteiger partial charge < -0.3 is 0 Å². The van der Waals surface area contributed by atoms with E-state index in [1.165, 1.54) is 12.1 Å². The van der Waals surface area contributed by atoms with Crippen molar-refractivity contribution in [1.29, 1.82) is 0 Å².